The van der Waals surface area contributed by atoms with E-state index in [1.54, 1.807) is 0 Å². The molecular formula is C13H17N3. The monoisotopic (exact) mass is 215 g/mol. The predicted molar refractivity (Wildman–Crippen MR) is 65.7 cm³/mol. The Labute approximate surface area is 95.5 Å². The average Bonchev–Trinajstić information content (AvgIpc) is 2.86. The van der Waals surface area contributed by atoms with Crippen molar-refractivity contribution in [2.45, 2.75) is 19.3 Å². The first-order chi connectivity index (χ1) is 7.77. The number of aryl methyl sites for hydroxylation is 2. The summed E-state index contributed by atoms with van der Waals surface area (Å²) in [6, 6.07) is 6.48. The second kappa shape index (κ2) is 3.59. The van der Waals surface area contributed by atoms with Gasteiger partial charge in [-0.2, -0.15) is 5.10 Å². The lowest BCUT2D eigenvalue weighted by Crippen LogP contribution is -2.08. The van der Waals surface area contributed by atoms with Crippen molar-refractivity contribution in [3.05, 3.63) is 29.5 Å². The van der Waals surface area contributed by atoms with Crippen molar-refractivity contribution in [2.75, 3.05) is 13.1 Å². The molecule has 1 N–H and O–H groups in total. The molecule has 0 saturated carbocycles. The number of rotatable bonds is 1. The maximum absolute atomic E-state index is 4.71. The van der Waals surface area contributed by atoms with Gasteiger partial charge >= 0.3 is 0 Å². The highest BCUT2D eigenvalue weighted by Crippen LogP contribution is 2.29. The van der Waals surface area contributed by atoms with E-state index in [9.17, 15) is 0 Å². The van der Waals surface area contributed by atoms with E-state index in [2.05, 4.69) is 30.4 Å². The van der Waals surface area contributed by atoms with Crippen LogP contribution >= 0.6 is 0 Å². The maximum atomic E-state index is 4.71. The summed E-state index contributed by atoms with van der Waals surface area (Å²) in [7, 11) is 2.04. The van der Waals surface area contributed by atoms with Crippen molar-refractivity contribution in [1.29, 1.82) is 0 Å². The first-order valence-electron chi connectivity index (χ1n) is 5.90. The Bertz CT molecular complexity index is 521. The third kappa shape index (κ3) is 1.35. The second-order valence-corrected chi connectivity index (χ2v) is 4.67. The third-order valence-corrected chi connectivity index (χ3v) is 3.54. The number of aromatic nitrogens is 2. The topological polar surface area (TPSA) is 29.9 Å². The zero-order chi connectivity index (χ0) is 11.1. The predicted octanol–water partition coefficient (Wildman–Crippen LogP) is 1.96. The molecule has 3 nitrogen and oxygen atoms in total. The van der Waals surface area contributed by atoms with Crippen LogP contribution in [0.3, 0.4) is 0 Å². The fourth-order valence-corrected chi connectivity index (χ4v) is 2.75. The van der Waals surface area contributed by atoms with E-state index in [0.29, 0.717) is 5.92 Å². The van der Waals surface area contributed by atoms with Crippen LogP contribution in [0.15, 0.2) is 18.2 Å². The lowest BCUT2D eigenvalue weighted by molar-refractivity contribution is 0.690. The summed E-state index contributed by atoms with van der Waals surface area (Å²) < 4.78 is 2.03. The lowest BCUT2D eigenvalue weighted by atomic mass is 10.0. The number of nitrogens with zero attached hydrogens (tertiary/aromatic N) is 2. The van der Waals surface area contributed by atoms with Crippen molar-refractivity contribution in [3.63, 3.8) is 0 Å². The van der Waals surface area contributed by atoms with Crippen LogP contribution in [-0.4, -0.2) is 22.9 Å². The first kappa shape index (κ1) is 9.85. The molecule has 1 saturated heterocycles. The Balaban J connectivity index is 2.22. The van der Waals surface area contributed by atoms with E-state index in [-0.39, 0.29) is 0 Å². The van der Waals surface area contributed by atoms with Gasteiger partial charge in [-0.05, 0) is 25.5 Å². The average molecular weight is 215 g/mol. The Morgan fingerprint density at radius 3 is 3.06 bits per heavy atom. The molecule has 1 aromatic carbocycles. The number of fused-ring (bicyclic) bond motifs is 1. The van der Waals surface area contributed by atoms with Gasteiger partial charge in [0.05, 0.1) is 11.2 Å². The molecule has 1 aromatic heterocycles. The number of hydrogen-bond donors (Lipinski definition) is 1. The largest absolute Gasteiger partial charge is 0.316 e. The number of nitrogens with one attached hydrogen (secondary N) is 1. The summed E-state index contributed by atoms with van der Waals surface area (Å²) in [5, 5.41) is 9.45. The zero-order valence-corrected chi connectivity index (χ0v) is 9.83. The van der Waals surface area contributed by atoms with Crippen molar-refractivity contribution < 1.29 is 0 Å². The molecule has 16 heavy (non-hydrogen) atoms. The first-order valence-corrected chi connectivity index (χ1v) is 5.90. The van der Waals surface area contributed by atoms with E-state index in [1.807, 2.05) is 11.7 Å². The van der Waals surface area contributed by atoms with E-state index < -0.39 is 0 Å². The molecule has 2 aromatic rings. The normalized spacial score (nSPS) is 20.8. The molecule has 0 bridgehead atoms. The van der Waals surface area contributed by atoms with Gasteiger partial charge in [0.15, 0.2) is 0 Å². The highest BCUT2D eigenvalue weighted by Gasteiger charge is 2.22. The van der Waals surface area contributed by atoms with Gasteiger partial charge in [0, 0.05) is 24.9 Å². The summed E-state index contributed by atoms with van der Waals surface area (Å²) in [6.07, 6.45) is 1.21. The Morgan fingerprint density at radius 2 is 2.31 bits per heavy atom. The van der Waals surface area contributed by atoms with Crippen LogP contribution in [0.4, 0.5) is 0 Å². The van der Waals surface area contributed by atoms with Gasteiger partial charge in [-0.1, -0.05) is 18.2 Å². The van der Waals surface area contributed by atoms with E-state index >= 15 is 0 Å². The minimum absolute atomic E-state index is 0.588. The standard InChI is InChI=1S/C13H17N3/c1-9-4-3-5-11-12(10-6-7-14-8-10)15-16(2)13(9)11/h3-5,10,14H,6-8H2,1-2H3. The summed E-state index contributed by atoms with van der Waals surface area (Å²) in [5.74, 6) is 0.588. The molecule has 1 fully saturated rings. The summed E-state index contributed by atoms with van der Waals surface area (Å²) in [5.41, 5.74) is 3.86. The Hall–Kier alpha value is -1.35. The Kier molecular flexibility index (Phi) is 2.21. The van der Waals surface area contributed by atoms with Crippen LogP contribution in [0.25, 0.3) is 10.9 Å². The van der Waals surface area contributed by atoms with E-state index in [4.69, 9.17) is 5.10 Å². The zero-order valence-electron chi connectivity index (χ0n) is 9.83. The molecule has 1 unspecified atom stereocenters. The molecule has 0 radical (unpaired) electrons. The van der Waals surface area contributed by atoms with Crippen LogP contribution in [0, 0.1) is 6.92 Å². The molecule has 1 atom stereocenters. The number of hydrogen-bond acceptors (Lipinski definition) is 2. The van der Waals surface area contributed by atoms with Crippen molar-refractivity contribution >= 4 is 10.9 Å². The molecule has 0 spiro atoms. The van der Waals surface area contributed by atoms with Gasteiger partial charge in [0.1, 0.15) is 0 Å². The fourth-order valence-electron chi connectivity index (χ4n) is 2.75. The summed E-state index contributed by atoms with van der Waals surface area (Å²) in [6.45, 7) is 4.34. The summed E-state index contributed by atoms with van der Waals surface area (Å²) >= 11 is 0. The number of benzene rings is 1. The molecule has 0 amide bonds. The lowest BCUT2D eigenvalue weighted by Gasteiger charge is -2.04. The molecular weight excluding hydrogens is 198 g/mol. The van der Waals surface area contributed by atoms with Gasteiger partial charge in [-0.25, -0.2) is 0 Å². The highest BCUT2D eigenvalue weighted by molar-refractivity contribution is 5.85. The van der Waals surface area contributed by atoms with E-state index in [1.165, 1.54) is 28.6 Å². The van der Waals surface area contributed by atoms with Gasteiger partial charge in [-0.3, -0.25) is 4.68 Å². The molecule has 3 heteroatoms. The molecule has 3 rings (SSSR count). The van der Waals surface area contributed by atoms with Crippen molar-refractivity contribution in [2.24, 2.45) is 7.05 Å². The van der Waals surface area contributed by atoms with Crippen molar-refractivity contribution in [1.82, 2.24) is 15.1 Å². The van der Waals surface area contributed by atoms with Gasteiger partial charge in [0.25, 0.3) is 0 Å². The quantitative estimate of drug-likeness (QED) is 0.788. The maximum Gasteiger partial charge on any atom is 0.0747 e. The number of para-hydroxylation sites is 1. The summed E-state index contributed by atoms with van der Waals surface area (Å²) in [4.78, 5) is 0. The van der Waals surface area contributed by atoms with Crippen molar-refractivity contribution in [3.8, 4) is 0 Å². The van der Waals surface area contributed by atoms with Gasteiger partial charge < -0.3 is 5.32 Å². The van der Waals surface area contributed by atoms with Crippen LogP contribution < -0.4 is 5.32 Å². The fraction of sp³-hybridized carbons (Fsp3) is 0.462. The molecule has 84 valence electrons. The van der Waals surface area contributed by atoms with Gasteiger partial charge in [-0.15, -0.1) is 0 Å². The minimum Gasteiger partial charge on any atom is -0.316 e. The Morgan fingerprint density at radius 1 is 1.44 bits per heavy atom. The molecule has 2 heterocycles. The molecule has 1 aliphatic heterocycles. The highest BCUT2D eigenvalue weighted by atomic mass is 15.3. The third-order valence-electron chi connectivity index (χ3n) is 3.54. The molecule has 1 aliphatic rings. The van der Waals surface area contributed by atoms with E-state index in [0.717, 1.165) is 13.1 Å². The SMILES string of the molecule is Cc1cccc2c(C3CCNC3)nn(C)c12. The van der Waals surface area contributed by atoms with Crippen LogP contribution in [-0.2, 0) is 7.05 Å². The van der Waals surface area contributed by atoms with Crippen LogP contribution in [0.1, 0.15) is 23.6 Å². The second-order valence-electron chi connectivity index (χ2n) is 4.67. The van der Waals surface area contributed by atoms with Gasteiger partial charge in [0.2, 0.25) is 0 Å². The van der Waals surface area contributed by atoms with Crippen LogP contribution in [0.5, 0.6) is 0 Å². The minimum atomic E-state index is 0.588. The molecule has 0 aliphatic carbocycles. The smallest absolute Gasteiger partial charge is 0.0747 e. The van der Waals surface area contributed by atoms with Crippen LogP contribution in [0.2, 0.25) is 0 Å².